The highest BCUT2D eigenvalue weighted by molar-refractivity contribution is 5.96. The predicted molar refractivity (Wildman–Crippen MR) is 129 cm³/mol. The summed E-state index contributed by atoms with van der Waals surface area (Å²) in [6.45, 7) is 6.44. The molecule has 33 heavy (non-hydrogen) atoms. The highest BCUT2D eigenvalue weighted by Gasteiger charge is 2.27. The van der Waals surface area contributed by atoms with Crippen LogP contribution in [-0.4, -0.2) is 37.2 Å². The average molecular weight is 445 g/mol. The van der Waals surface area contributed by atoms with E-state index in [1.807, 2.05) is 56.3 Å². The molecular weight excluding hydrogens is 416 g/mol. The molecule has 0 aliphatic carbocycles. The third-order valence-electron chi connectivity index (χ3n) is 5.86. The number of rotatable bonds is 7. The molecule has 0 unspecified atom stereocenters. The third-order valence-corrected chi connectivity index (χ3v) is 5.86. The molecule has 0 bridgehead atoms. The Kier molecular flexibility index (Phi) is 6.94. The maximum atomic E-state index is 12.8. The summed E-state index contributed by atoms with van der Waals surface area (Å²) < 4.78 is 11.1. The summed E-state index contributed by atoms with van der Waals surface area (Å²) in [5.74, 6) is 1.49. The maximum absolute atomic E-state index is 12.8. The standard InChI is InChI=1S/C26H28N4O3/c1-3-32-21-7-5-20(6-8-21)29-26(31)18-11-13-30(14-12-18)25-19(16-27)17-28-24-10-9-22(33-4-2)15-23(24)25/h5-10,15,17-18H,3-4,11-14H2,1-2H3,(H,29,31). The molecule has 1 aromatic heterocycles. The lowest BCUT2D eigenvalue weighted by Gasteiger charge is -2.34. The van der Waals surface area contributed by atoms with Crippen LogP contribution in [0.2, 0.25) is 0 Å². The van der Waals surface area contributed by atoms with Gasteiger partial charge in [0.15, 0.2) is 0 Å². The zero-order valence-electron chi connectivity index (χ0n) is 19.0. The number of aromatic nitrogens is 1. The van der Waals surface area contributed by atoms with Crippen molar-refractivity contribution in [2.45, 2.75) is 26.7 Å². The van der Waals surface area contributed by atoms with E-state index in [1.165, 1.54) is 0 Å². The van der Waals surface area contributed by atoms with Crippen molar-refractivity contribution in [3.05, 3.63) is 54.2 Å². The molecule has 2 aromatic carbocycles. The summed E-state index contributed by atoms with van der Waals surface area (Å²) in [5.41, 5.74) is 2.99. The van der Waals surface area contributed by atoms with E-state index in [0.29, 0.717) is 44.7 Å². The monoisotopic (exact) mass is 444 g/mol. The Morgan fingerprint density at radius 3 is 2.42 bits per heavy atom. The lowest BCUT2D eigenvalue weighted by molar-refractivity contribution is -0.120. The summed E-state index contributed by atoms with van der Waals surface area (Å²) in [6, 6.07) is 15.5. The number of fused-ring (bicyclic) bond motifs is 1. The van der Waals surface area contributed by atoms with Crippen LogP contribution < -0.4 is 19.7 Å². The Morgan fingerprint density at radius 2 is 1.76 bits per heavy atom. The molecule has 1 saturated heterocycles. The average Bonchev–Trinajstić information content (AvgIpc) is 2.85. The fourth-order valence-corrected chi connectivity index (χ4v) is 4.25. The Balaban J connectivity index is 1.47. The topological polar surface area (TPSA) is 87.5 Å². The molecule has 0 saturated carbocycles. The number of nitrogens with one attached hydrogen (secondary N) is 1. The second kappa shape index (κ2) is 10.2. The number of amides is 1. The van der Waals surface area contributed by atoms with Crippen molar-refractivity contribution in [2.24, 2.45) is 5.92 Å². The van der Waals surface area contributed by atoms with E-state index in [-0.39, 0.29) is 11.8 Å². The second-order valence-electron chi connectivity index (χ2n) is 7.95. The molecule has 0 radical (unpaired) electrons. The van der Waals surface area contributed by atoms with Crippen LogP contribution in [-0.2, 0) is 4.79 Å². The molecule has 1 fully saturated rings. The van der Waals surface area contributed by atoms with Gasteiger partial charge >= 0.3 is 0 Å². The quantitative estimate of drug-likeness (QED) is 0.565. The second-order valence-corrected chi connectivity index (χ2v) is 7.95. The van der Waals surface area contributed by atoms with Crippen LogP contribution in [0.3, 0.4) is 0 Å². The van der Waals surface area contributed by atoms with Gasteiger partial charge in [-0.05, 0) is 69.2 Å². The van der Waals surface area contributed by atoms with E-state index >= 15 is 0 Å². The predicted octanol–water partition coefficient (Wildman–Crippen LogP) is 4.76. The number of hydrogen-bond donors (Lipinski definition) is 1. The highest BCUT2D eigenvalue weighted by atomic mass is 16.5. The van der Waals surface area contributed by atoms with Gasteiger partial charge in [-0.1, -0.05) is 0 Å². The number of ether oxygens (including phenoxy) is 2. The number of carbonyl (C=O) groups excluding carboxylic acids is 1. The smallest absolute Gasteiger partial charge is 0.227 e. The Morgan fingerprint density at radius 1 is 1.09 bits per heavy atom. The number of hydrogen-bond acceptors (Lipinski definition) is 6. The van der Waals surface area contributed by atoms with Gasteiger partial charge in [0.25, 0.3) is 0 Å². The normalized spacial score (nSPS) is 14.0. The van der Waals surface area contributed by atoms with E-state index < -0.39 is 0 Å². The molecular formula is C26H28N4O3. The minimum atomic E-state index is -0.0783. The Hall–Kier alpha value is -3.79. The minimum absolute atomic E-state index is 0.0255. The van der Waals surface area contributed by atoms with E-state index in [2.05, 4.69) is 21.3 Å². The first kappa shape index (κ1) is 22.4. The lowest BCUT2D eigenvalue weighted by Crippen LogP contribution is -2.38. The maximum Gasteiger partial charge on any atom is 0.227 e. The van der Waals surface area contributed by atoms with Crippen molar-refractivity contribution in [2.75, 3.05) is 36.5 Å². The summed E-state index contributed by atoms with van der Waals surface area (Å²) in [6.07, 6.45) is 3.05. The zero-order chi connectivity index (χ0) is 23.2. The number of nitriles is 1. The summed E-state index contributed by atoms with van der Waals surface area (Å²) >= 11 is 0. The van der Waals surface area contributed by atoms with Crippen LogP contribution in [0.5, 0.6) is 11.5 Å². The van der Waals surface area contributed by atoms with Gasteiger partial charge in [-0.2, -0.15) is 5.26 Å². The summed E-state index contributed by atoms with van der Waals surface area (Å²) in [5, 5.41) is 13.6. The molecule has 1 aliphatic rings. The summed E-state index contributed by atoms with van der Waals surface area (Å²) in [7, 11) is 0. The first-order chi connectivity index (χ1) is 16.1. The number of piperidine rings is 1. The number of anilines is 2. The third kappa shape index (κ3) is 5.01. The van der Waals surface area contributed by atoms with Crippen LogP contribution in [0.4, 0.5) is 11.4 Å². The van der Waals surface area contributed by atoms with E-state index in [1.54, 1.807) is 6.20 Å². The van der Waals surface area contributed by atoms with Crippen LogP contribution in [0.15, 0.2) is 48.7 Å². The van der Waals surface area contributed by atoms with Crippen molar-refractivity contribution in [3.8, 4) is 17.6 Å². The number of nitrogens with zero attached hydrogens (tertiary/aromatic N) is 3. The van der Waals surface area contributed by atoms with Gasteiger partial charge in [-0.25, -0.2) is 0 Å². The first-order valence-electron chi connectivity index (χ1n) is 11.4. The van der Waals surface area contributed by atoms with Crippen LogP contribution >= 0.6 is 0 Å². The van der Waals surface area contributed by atoms with Gasteiger partial charge in [-0.3, -0.25) is 9.78 Å². The van der Waals surface area contributed by atoms with Gasteiger partial charge in [0.1, 0.15) is 17.6 Å². The molecule has 4 rings (SSSR count). The summed E-state index contributed by atoms with van der Waals surface area (Å²) in [4.78, 5) is 19.5. The number of pyridine rings is 1. The molecule has 1 amide bonds. The fraction of sp³-hybridized carbons (Fsp3) is 0.346. The van der Waals surface area contributed by atoms with Crippen molar-refractivity contribution in [1.29, 1.82) is 5.26 Å². The Labute approximate surface area is 193 Å². The van der Waals surface area contributed by atoms with Gasteiger partial charge in [0, 0.05) is 36.3 Å². The largest absolute Gasteiger partial charge is 0.494 e. The molecule has 0 atom stereocenters. The molecule has 3 aromatic rings. The molecule has 2 heterocycles. The number of benzene rings is 2. The van der Waals surface area contributed by atoms with Crippen molar-refractivity contribution in [3.63, 3.8) is 0 Å². The highest BCUT2D eigenvalue weighted by Crippen LogP contribution is 2.34. The van der Waals surface area contributed by atoms with Gasteiger partial charge in [-0.15, -0.1) is 0 Å². The van der Waals surface area contributed by atoms with Crippen LogP contribution in [0.1, 0.15) is 32.3 Å². The molecule has 7 heteroatoms. The lowest BCUT2D eigenvalue weighted by atomic mass is 9.94. The Bertz CT molecular complexity index is 1160. The van der Waals surface area contributed by atoms with E-state index in [4.69, 9.17) is 9.47 Å². The van der Waals surface area contributed by atoms with Crippen LogP contribution in [0.25, 0.3) is 10.9 Å². The van der Waals surface area contributed by atoms with E-state index in [9.17, 15) is 10.1 Å². The molecule has 1 aliphatic heterocycles. The van der Waals surface area contributed by atoms with Gasteiger partial charge in [0.2, 0.25) is 5.91 Å². The van der Waals surface area contributed by atoms with Gasteiger partial charge < -0.3 is 19.7 Å². The molecule has 1 N–H and O–H groups in total. The van der Waals surface area contributed by atoms with E-state index in [0.717, 1.165) is 33.8 Å². The zero-order valence-corrected chi connectivity index (χ0v) is 19.0. The van der Waals surface area contributed by atoms with Crippen molar-refractivity contribution < 1.29 is 14.3 Å². The van der Waals surface area contributed by atoms with Crippen LogP contribution in [0, 0.1) is 17.2 Å². The SMILES string of the molecule is CCOc1ccc(NC(=O)C2CCN(c3c(C#N)cnc4ccc(OCC)cc34)CC2)cc1. The number of carbonyl (C=O) groups is 1. The molecule has 170 valence electrons. The minimum Gasteiger partial charge on any atom is -0.494 e. The van der Waals surface area contributed by atoms with Crippen molar-refractivity contribution >= 4 is 28.2 Å². The first-order valence-corrected chi connectivity index (χ1v) is 11.4. The molecule has 0 spiro atoms. The molecule has 7 nitrogen and oxygen atoms in total. The fourth-order valence-electron chi connectivity index (χ4n) is 4.25. The van der Waals surface area contributed by atoms with Gasteiger partial charge in [0.05, 0.1) is 30.0 Å². The van der Waals surface area contributed by atoms with Crippen molar-refractivity contribution in [1.82, 2.24) is 4.98 Å².